The fourth-order valence-corrected chi connectivity index (χ4v) is 1.40. The number of amides is 1. The maximum absolute atomic E-state index is 10.2. The van der Waals surface area contributed by atoms with Gasteiger partial charge in [-0.2, -0.15) is 0 Å². The summed E-state index contributed by atoms with van der Waals surface area (Å²) < 4.78 is 0. The van der Waals surface area contributed by atoms with Crippen LogP contribution in [0.2, 0.25) is 0 Å². The first-order valence-corrected chi connectivity index (χ1v) is 4.57. The van der Waals surface area contributed by atoms with Gasteiger partial charge in [-0.05, 0) is 36.6 Å². The number of aryl methyl sites for hydroxylation is 2. The van der Waals surface area contributed by atoms with Gasteiger partial charge in [0.25, 0.3) is 0 Å². The van der Waals surface area contributed by atoms with Crippen LogP contribution in [0.4, 0.5) is 5.69 Å². The van der Waals surface area contributed by atoms with Crippen LogP contribution in [0.5, 0.6) is 0 Å². The predicted octanol–water partition coefficient (Wildman–Crippen LogP) is 2.52. The predicted molar refractivity (Wildman–Crippen MR) is 54.9 cm³/mol. The van der Waals surface area contributed by atoms with E-state index in [0.717, 1.165) is 18.5 Å². The summed E-state index contributed by atoms with van der Waals surface area (Å²) in [5, 5.41) is 2.64. The highest BCUT2D eigenvalue weighted by Crippen LogP contribution is 2.15. The van der Waals surface area contributed by atoms with Crippen LogP contribution in [0.3, 0.4) is 0 Å². The molecule has 13 heavy (non-hydrogen) atoms. The molecule has 0 aliphatic carbocycles. The van der Waals surface area contributed by atoms with Crippen LogP contribution in [0.1, 0.15) is 24.5 Å². The third-order valence-corrected chi connectivity index (χ3v) is 2.09. The number of hydrogen-bond donors (Lipinski definition) is 1. The SMILES string of the molecule is CCCc1ccc(NC=O)cc1C. The van der Waals surface area contributed by atoms with Gasteiger partial charge in [0.2, 0.25) is 6.41 Å². The molecule has 0 aromatic heterocycles. The zero-order chi connectivity index (χ0) is 9.68. The molecule has 0 aliphatic heterocycles. The summed E-state index contributed by atoms with van der Waals surface area (Å²) in [6.07, 6.45) is 2.96. The van der Waals surface area contributed by atoms with Crippen LogP contribution >= 0.6 is 0 Å². The summed E-state index contributed by atoms with van der Waals surface area (Å²) in [7, 11) is 0. The Morgan fingerprint density at radius 2 is 2.23 bits per heavy atom. The Kier molecular flexibility index (Phi) is 3.50. The molecule has 1 rings (SSSR count). The number of carbonyl (C=O) groups is 1. The van der Waals surface area contributed by atoms with Crippen LogP contribution < -0.4 is 5.32 Å². The minimum atomic E-state index is 0.703. The highest BCUT2D eigenvalue weighted by molar-refractivity contribution is 5.71. The molecule has 2 nitrogen and oxygen atoms in total. The monoisotopic (exact) mass is 177 g/mol. The Bertz CT molecular complexity index is 294. The maximum Gasteiger partial charge on any atom is 0.211 e. The first-order valence-electron chi connectivity index (χ1n) is 4.57. The molecule has 1 N–H and O–H groups in total. The normalized spacial score (nSPS) is 9.69. The highest BCUT2D eigenvalue weighted by Gasteiger charge is 1.98. The molecule has 1 aromatic carbocycles. The Hall–Kier alpha value is -1.31. The van der Waals surface area contributed by atoms with Gasteiger partial charge in [0, 0.05) is 5.69 Å². The van der Waals surface area contributed by atoms with E-state index in [9.17, 15) is 4.79 Å². The van der Waals surface area contributed by atoms with Crippen molar-refractivity contribution >= 4 is 12.1 Å². The van der Waals surface area contributed by atoms with E-state index >= 15 is 0 Å². The molecule has 0 atom stereocenters. The smallest absolute Gasteiger partial charge is 0.211 e. The molecule has 0 unspecified atom stereocenters. The molecule has 0 spiro atoms. The van der Waals surface area contributed by atoms with Gasteiger partial charge in [-0.15, -0.1) is 0 Å². The molecule has 2 heteroatoms. The first kappa shape index (κ1) is 9.78. The van der Waals surface area contributed by atoms with E-state index in [2.05, 4.69) is 25.2 Å². The zero-order valence-electron chi connectivity index (χ0n) is 8.13. The highest BCUT2D eigenvalue weighted by atomic mass is 16.1. The minimum Gasteiger partial charge on any atom is -0.329 e. The summed E-state index contributed by atoms with van der Waals surface area (Å²) in [5.41, 5.74) is 3.47. The molecule has 70 valence electrons. The average molecular weight is 177 g/mol. The third-order valence-electron chi connectivity index (χ3n) is 2.09. The maximum atomic E-state index is 10.2. The van der Waals surface area contributed by atoms with E-state index in [4.69, 9.17) is 0 Å². The van der Waals surface area contributed by atoms with Gasteiger partial charge in [-0.3, -0.25) is 4.79 Å². The summed E-state index contributed by atoms with van der Waals surface area (Å²) >= 11 is 0. The van der Waals surface area contributed by atoms with Gasteiger partial charge in [-0.1, -0.05) is 19.4 Å². The number of nitrogens with one attached hydrogen (secondary N) is 1. The molecule has 0 bridgehead atoms. The van der Waals surface area contributed by atoms with E-state index in [1.54, 1.807) is 0 Å². The average Bonchev–Trinajstić information content (AvgIpc) is 2.10. The van der Waals surface area contributed by atoms with Crippen molar-refractivity contribution in [3.63, 3.8) is 0 Å². The molecule has 0 fully saturated rings. The Labute approximate surface area is 79.0 Å². The molecule has 0 saturated carbocycles. The second kappa shape index (κ2) is 4.65. The number of hydrogen-bond acceptors (Lipinski definition) is 1. The van der Waals surface area contributed by atoms with Crippen LogP contribution in [0.25, 0.3) is 0 Å². The van der Waals surface area contributed by atoms with Gasteiger partial charge in [-0.25, -0.2) is 0 Å². The zero-order valence-corrected chi connectivity index (χ0v) is 8.13. The largest absolute Gasteiger partial charge is 0.329 e. The van der Waals surface area contributed by atoms with Crippen molar-refractivity contribution in [3.05, 3.63) is 29.3 Å². The van der Waals surface area contributed by atoms with Crippen LogP contribution in [0, 0.1) is 6.92 Å². The molecular formula is C11H15NO. The van der Waals surface area contributed by atoms with E-state index in [1.807, 2.05) is 12.1 Å². The van der Waals surface area contributed by atoms with E-state index < -0.39 is 0 Å². The van der Waals surface area contributed by atoms with Crippen molar-refractivity contribution in [3.8, 4) is 0 Å². The van der Waals surface area contributed by atoms with Crippen molar-refractivity contribution < 1.29 is 4.79 Å². The number of rotatable bonds is 4. The van der Waals surface area contributed by atoms with Gasteiger partial charge < -0.3 is 5.32 Å². The Morgan fingerprint density at radius 3 is 2.77 bits per heavy atom. The lowest BCUT2D eigenvalue weighted by atomic mass is 10.0. The van der Waals surface area contributed by atoms with E-state index in [0.29, 0.717) is 6.41 Å². The lowest BCUT2D eigenvalue weighted by Crippen LogP contribution is -1.96. The minimum absolute atomic E-state index is 0.703. The van der Waals surface area contributed by atoms with Crippen LogP contribution in [-0.2, 0) is 11.2 Å². The summed E-state index contributed by atoms with van der Waals surface area (Å²) in [6, 6.07) is 6.01. The lowest BCUT2D eigenvalue weighted by molar-refractivity contribution is -0.105. The fraction of sp³-hybridized carbons (Fsp3) is 0.364. The second-order valence-corrected chi connectivity index (χ2v) is 3.15. The topological polar surface area (TPSA) is 29.1 Å². The van der Waals surface area contributed by atoms with Crippen molar-refractivity contribution in [2.24, 2.45) is 0 Å². The van der Waals surface area contributed by atoms with Gasteiger partial charge in [0.15, 0.2) is 0 Å². The number of benzene rings is 1. The summed E-state index contributed by atoms with van der Waals surface area (Å²) in [4.78, 5) is 10.2. The van der Waals surface area contributed by atoms with Gasteiger partial charge >= 0.3 is 0 Å². The third kappa shape index (κ3) is 2.58. The summed E-state index contributed by atoms with van der Waals surface area (Å²) in [6.45, 7) is 4.23. The standard InChI is InChI=1S/C11H15NO/c1-3-4-10-5-6-11(12-8-13)7-9(10)2/h5-8H,3-4H2,1-2H3,(H,12,13). The van der Waals surface area contributed by atoms with Gasteiger partial charge in [0.1, 0.15) is 0 Å². The lowest BCUT2D eigenvalue weighted by Gasteiger charge is -2.06. The number of anilines is 1. The number of carbonyl (C=O) groups excluding carboxylic acids is 1. The molecule has 0 heterocycles. The van der Waals surface area contributed by atoms with Crippen LogP contribution in [-0.4, -0.2) is 6.41 Å². The van der Waals surface area contributed by atoms with E-state index in [1.165, 1.54) is 11.1 Å². The fourth-order valence-electron chi connectivity index (χ4n) is 1.40. The molecular weight excluding hydrogens is 162 g/mol. The molecule has 0 saturated heterocycles. The van der Waals surface area contributed by atoms with Crippen molar-refractivity contribution in [2.45, 2.75) is 26.7 Å². The Balaban J connectivity index is 2.84. The first-order chi connectivity index (χ1) is 6.27. The van der Waals surface area contributed by atoms with Crippen molar-refractivity contribution in [1.82, 2.24) is 0 Å². The van der Waals surface area contributed by atoms with Crippen molar-refractivity contribution in [2.75, 3.05) is 5.32 Å². The van der Waals surface area contributed by atoms with Crippen molar-refractivity contribution in [1.29, 1.82) is 0 Å². The van der Waals surface area contributed by atoms with Crippen LogP contribution in [0.15, 0.2) is 18.2 Å². The Morgan fingerprint density at radius 1 is 1.46 bits per heavy atom. The molecule has 0 radical (unpaired) electrons. The van der Waals surface area contributed by atoms with E-state index in [-0.39, 0.29) is 0 Å². The van der Waals surface area contributed by atoms with Gasteiger partial charge in [0.05, 0.1) is 0 Å². The molecule has 1 aromatic rings. The molecule has 0 aliphatic rings. The quantitative estimate of drug-likeness (QED) is 0.703. The summed E-state index contributed by atoms with van der Waals surface area (Å²) in [5.74, 6) is 0. The second-order valence-electron chi connectivity index (χ2n) is 3.15. The molecule has 1 amide bonds.